The molecule has 0 atom stereocenters. The van der Waals surface area contributed by atoms with E-state index in [0.29, 0.717) is 27.9 Å². The third-order valence-electron chi connectivity index (χ3n) is 4.79. The number of hydrogen-bond acceptors (Lipinski definition) is 6. The third-order valence-corrected chi connectivity index (χ3v) is 4.79. The van der Waals surface area contributed by atoms with Crippen LogP contribution in [0.3, 0.4) is 0 Å². The second-order valence-electron chi connectivity index (χ2n) is 6.52. The van der Waals surface area contributed by atoms with E-state index < -0.39 is 17.7 Å². The number of fused-ring (bicyclic) bond motifs is 1. The van der Waals surface area contributed by atoms with Gasteiger partial charge in [0.2, 0.25) is 11.7 Å². The standard InChI is InChI=1S/C19H21F2N7O2/c1-10-12-7-6-11(19(20,21)18(25-23)26-24)8-15(12)28(27-10)9-14-13(17(22)29)4-3-5-16(14)30-2/h3-8H,9,23-24H2,1-2H3,(H2,22,29)(H,25,26). The zero-order chi connectivity index (χ0) is 22.1. The molecule has 1 heterocycles. The minimum atomic E-state index is -3.55. The number of carbonyl (C=O) groups is 1. The number of hydrazine groups is 1. The number of amidine groups is 1. The first-order valence-electron chi connectivity index (χ1n) is 8.80. The normalized spacial score (nSPS) is 12.2. The van der Waals surface area contributed by atoms with Crippen LogP contribution in [0.1, 0.15) is 27.2 Å². The van der Waals surface area contributed by atoms with Gasteiger partial charge >= 0.3 is 5.92 Å². The number of aryl methyl sites for hydroxylation is 1. The van der Waals surface area contributed by atoms with Gasteiger partial charge in [0.25, 0.3) is 0 Å². The number of hydrogen-bond donors (Lipinski definition) is 4. The SMILES string of the molecule is COc1cccc(C(N)=O)c1Cn1nc(C)c2ccc(C(F)(F)/C(=N/N)NN)cc21. The van der Waals surface area contributed by atoms with Crippen molar-refractivity contribution >= 4 is 22.6 Å². The Morgan fingerprint density at radius 3 is 2.67 bits per heavy atom. The van der Waals surface area contributed by atoms with Crippen LogP contribution in [-0.4, -0.2) is 28.6 Å². The summed E-state index contributed by atoms with van der Waals surface area (Å²) in [7, 11) is 1.46. The van der Waals surface area contributed by atoms with Crippen LogP contribution in [0.5, 0.6) is 5.75 Å². The number of ether oxygens (including phenoxy) is 1. The first kappa shape index (κ1) is 21.0. The molecule has 3 rings (SSSR count). The van der Waals surface area contributed by atoms with Crippen molar-refractivity contribution in [2.75, 3.05) is 7.11 Å². The number of nitrogens with one attached hydrogen (secondary N) is 1. The summed E-state index contributed by atoms with van der Waals surface area (Å²) in [5.41, 5.74) is 8.71. The molecule has 0 aliphatic heterocycles. The van der Waals surface area contributed by atoms with Gasteiger partial charge in [0.1, 0.15) is 5.75 Å². The van der Waals surface area contributed by atoms with Crippen molar-refractivity contribution in [3.8, 4) is 5.75 Å². The smallest absolute Gasteiger partial charge is 0.332 e. The largest absolute Gasteiger partial charge is 0.496 e. The molecule has 3 aromatic rings. The molecule has 11 heteroatoms. The van der Waals surface area contributed by atoms with E-state index >= 15 is 0 Å². The van der Waals surface area contributed by atoms with Crippen molar-refractivity contribution in [1.82, 2.24) is 15.2 Å². The molecule has 0 fully saturated rings. The number of alkyl halides is 2. The maximum Gasteiger partial charge on any atom is 0.332 e. The molecule has 0 aliphatic rings. The summed E-state index contributed by atoms with van der Waals surface area (Å²) >= 11 is 0. The lowest BCUT2D eigenvalue weighted by molar-refractivity contribution is 0.0714. The molecule has 2 aromatic carbocycles. The number of benzene rings is 2. The van der Waals surface area contributed by atoms with Gasteiger partial charge in [-0.05, 0) is 25.1 Å². The fourth-order valence-corrected chi connectivity index (χ4v) is 3.30. The first-order chi connectivity index (χ1) is 14.2. The van der Waals surface area contributed by atoms with Gasteiger partial charge in [0.15, 0.2) is 0 Å². The van der Waals surface area contributed by atoms with Gasteiger partial charge < -0.3 is 21.7 Å². The first-order valence-corrected chi connectivity index (χ1v) is 8.80. The van der Waals surface area contributed by atoms with E-state index in [9.17, 15) is 13.6 Å². The highest BCUT2D eigenvalue weighted by Gasteiger charge is 2.39. The summed E-state index contributed by atoms with van der Waals surface area (Å²) in [5, 5.41) is 8.13. The Morgan fingerprint density at radius 1 is 1.33 bits per heavy atom. The number of carbonyl (C=O) groups excluding carboxylic acids is 1. The van der Waals surface area contributed by atoms with Gasteiger partial charge in [-0.1, -0.05) is 18.2 Å². The number of nitrogens with zero attached hydrogens (tertiary/aromatic N) is 3. The van der Waals surface area contributed by atoms with Gasteiger partial charge in [0.05, 0.1) is 24.9 Å². The van der Waals surface area contributed by atoms with Crippen LogP contribution in [0, 0.1) is 6.92 Å². The predicted octanol–water partition coefficient (Wildman–Crippen LogP) is 1.33. The monoisotopic (exact) mass is 417 g/mol. The summed E-state index contributed by atoms with van der Waals surface area (Å²) in [4.78, 5) is 11.9. The number of hydrazone groups is 1. The average Bonchev–Trinajstić information content (AvgIpc) is 3.03. The van der Waals surface area contributed by atoms with Crippen LogP contribution in [0.4, 0.5) is 8.78 Å². The number of halogens is 2. The molecule has 7 N–H and O–H groups in total. The van der Waals surface area contributed by atoms with Crippen LogP contribution in [-0.2, 0) is 12.5 Å². The molecule has 158 valence electrons. The van der Waals surface area contributed by atoms with Gasteiger partial charge in [-0.3, -0.25) is 9.48 Å². The van der Waals surface area contributed by atoms with Crippen molar-refractivity contribution in [1.29, 1.82) is 0 Å². The number of aromatic nitrogens is 2. The van der Waals surface area contributed by atoms with Crippen molar-refractivity contribution in [3.05, 3.63) is 58.8 Å². The fraction of sp³-hybridized carbons (Fsp3) is 0.211. The zero-order valence-corrected chi connectivity index (χ0v) is 16.3. The molecule has 0 saturated carbocycles. The Morgan fingerprint density at radius 2 is 2.07 bits per heavy atom. The maximum atomic E-state index is 14.7. The number of methoxy groups -OCH3 is 1. The van der Waals surface area contributed by atoms with Crippen LogP contribution in [0.2, 0.25) is 0 Å². The Bertz CT molecular complexity index is 1140. The maximum absolute atomic E-state index is 14.7. The lowest BCUT2D eigenvalue weighted by Gasteiger charge is -2.18. The Kier molecular flexibility index (Phi) is 5.56. The molecule has 9 nitrogen and oxygen atoms in total. The van der Waals surface area contributed by atoms with Crippen molar-refractivity contribution in [2.24, 2.45) is 22.5 Å². The molecular weight excluding hydrogens is 396 g/mol. The molecule has 0 aliphatic carbocycles. The molecule has 0 unspecified atom stereocenters. The Balaban J connectivity index is 2.17. The van der Waals surface area contributed by atoms with Gasteiger partial charge in [-0.15, -0.1) is 0 Å². The fourth-order valence-electron chi connectivity index (χ4n) is 3.30. The van der Waals surface area contributed by atoms with E-state index in [4.69, 9.17) is 22.2 Å². The number of primary amides is 1. The molecule has 0 saturated heterocycles. The lowest BCUT2D eigenvalue weighted by atomic mass is 10.0. The van der Waals surface area contributed by atoms with Gasteiger partial charge in [-0.25, -0.2) is 5.84 Å². The summed E-state index contributed by atoms with van der Waals surface area (Å²) in [6, 6.07) is 8.94. The predicted molar refractivity (Wildman–Crippen MR) is 108 cm³/mol. The summed E-state index contributed by atoms with van der Waals surface area (Å²) in [6.07, 6.45) is 0. The van der Waals surface area contributed by atoms with E-state index in [1.807, 2.05) is 5.43 Å². The average molecular weight is 417 g/mol. The number of rotatable bonds is 6. The van der Waals surface area contributed by atoms with E-state index in [0.717, 1.165) is 0 Å². The van der Waals surface area contributed by atoms with Crippen LogP contribution in [0.15, 0.2) is 41.5 Å². The minimum Gasteiger partial charge on any atom is -0.496 e. The highest BCUT2D eigenvalue weighted by molar-refractivity contribution is 5.95. The second-order valence-corrected chi connectivity index (χ2v) is 6.52. The van der Waals surface area contributed by atoms with Crippen molar-refractivity contribution in [3.63, 3.8) is 0 Å². The summed E-state index contributed by atoms with van der Waals surface area (Å²) < 4.78 is 36.3. The van der Waals surface area contributed by atoms with Crippen molar-refractivity contribution in [2.45, 2.75) is 19.4 Å². The van der Waals surface area contributed by atoms with E-state index in [1.54, 1.807) is 25.1 Å². The molecule has 1 aromatic heterocycles. The second kappa shape index (κ2) is 7.95. The summed E-state index contributed by atoms with van der Waals surface area (Å²) in [6.45, 7) is 1.83. The minimum absolute atomic E-state index is 0.0780. The van der Waals surface area contributed by atoms with E-state index in [1.165, 1.54) is 30.0 Å². The van der Waals surface area contributed by atoms with Crippen LogP contribution < -0.4 is 27.6 Å². The van der Waals surface area contributed by atoms with Crippen molar-refractivity contribution < 1.29 is 18.3 Å². The molecule has 0 bridgehead atoms. The highest BCUT2D eigenvalue weighted by atomic mass is 19.3. The van der Waals surface area contributed by atoms with E-state index in [-0.39, 0.29) is 17.7 Å². The Labute approximate surface area is 170 Å². The molecule has 1 amide bonds. The number of nitrogens with two attached hydrogens (primary N) is 3. The van der Waals surface area contributed by atoms with E-state index in [2.05, 4.69) is 10.2 Å². The Hall–Kier alpha value is -3.73. The summed E-state index contributed by atoms with van der Waals surface area (Å²) in [5.74, 6) is 5.50. The van der Waals surface area contributed by atoms with Gasteiger partial charge in [-0.2, -0.15) is 19.0 Å². The van der Waals surface area contributed by atoms with Crippen LogP contribution in [0.25, 0.3) is 10.9 Å². The molecular formula is C19H21F2N7O2. The van der Waals surface area contributed by atoms with Crippen LogP contribution >= 0.6 is 0 Å². The lowest BCUT2D eigenvalue weighted by Crippen LogP contribution is -2.43. The molecule has 30 heavy (non-hydrogen) atoms. The number of amides is 1. The topological polar surface area (TPSA) is 147 Å². The molecule has 0 radical (unpaired) electrons. The molecule has 0 spiro atoms. The van der Waals surface area contributed by atoms with Gasteiger partial charge in [0, 0.05) is 22.1 Å². The third kappa shape index (κ3) is 3.50. The highest BCUT2D eigenvalue weighted by Crippen LogP contribution is 2.33. The quantitative estimate of drug-likeness (QED) is 0.206. The zero-order valence-electron chi connectivity index (χ0n) is 16.3.